The molecule has 0 spiro atoms. The Hall–Kier alpha value is -0.120. The second-order valence-electron chi connectivity index (χ2n) is 5.74. The van der Waals surface area contributed by atoms with Gasteiger partial charge in [0, 0.05) is 11.9 Å². The summed E-state index contributed by atoms with van der Waals surface area (Å²) < 4.78 is 0. The molecular weight excluding hydrogens is 276 g/mol. The maximum atomic E-state index is 5.76. The lowest BCUT2D eigenvalue weighted by molar-refractivity contribution is 0.273. The van der Waals surface area contributed by atoms with Crippen molar-refractivity contribution in [1.29, 1.82) is 0 Å². The first-order valence-corrected chi connectivity index (χ1v) is 8.87. The van der Waals surface area contributed by atoms with E-state index in [9.17, 15) is 0 Å². The van der Waals surface area contributed by atoms with E-state index in [0.29, 0.717) is 5.88 Å². The molecular formula is C15H25ClN2S. The molecule has 1 saturated carbocycles. The van der Waals surface area contributed by atoms with Crippen LogP contribution in [0, 0.1) is 5.92 Å². The molecule has 0 radical (unpaired) electrons. The number of unbranched alkanes of at least 4 members (excludes halogenated alkanes) is 1. The van der Waals surface area contributed by atoms with Gasteiger partial charge >= 0.3 is 0 Å². The van der Waals surface area contributed by atoms with Crippen molar-refractivity contribution in [3.63, 3.8) is 0 Å². The van der Waals surface area contributed by atoms with Gasteiger partial charge in [-0.3, -0.25) is 0 Å². The SMILES string of the molecule is CN(CCCCc1nc(CCl)cs1)CC1CCCC1. The van der Waals surface area contributed by atoms with E-state index in [2.05, 4.69) is 22.3 Å². The molecule has 0 atom stereocenters. The Kier molecular flexibility index (Phi) is 6.62. The molecule has 2 nitrogen and oxygen atoms in total. The third kappa shape index (κ3) is 5.41. The summed E-state index contributed by atoms with van der Waals surface area (Å²) in [6.07, 6.45) is 9.42. The van der Waals surface area contributed by atoms with E-state index in [4.69, 9.17) is 11.6 Å². The van der Waals surface area contributed by atoms with Gasteiger partial charge in [0.2, 0.25) is 0 Å². The number of hydrogen-bond acceptors (Lipinski definition) is 3. The van der Waals surface area contributed by atoms with Gasteiger partial charge in [-0.15, -0.1) is 22.9 Å². The van der Waals surface area contributed by atoms with Crippen LogP contribution in [0.3, 0.4) is 0 Å². The first kappa shape index (κ1) is 15.3. The van der Waals surface area contributed by atoms with Crippen molar-refractivity contribution >= 4 is 22.9 Å². The van der Waals surface area contributed by atoms with Crippen molar-refractivity contribution in [3.8, 4) is 0 Å². The lowest BCUT2D eigenvalue weighted by Gasteiger charge is -2.20. The van der Waals surface area contributed by atoms with E-state index < -0.39 is 0 Å². The minimum Gasteiger partial charge on any atom is -0.306 e. The molecule has 1 heterocycles. The van der Waals surface area contributed by atoms with Crippen LogP contribution in [-0.4, -0.2) is 30.0 Å². The number of nitrogens with zero attached hydrogens (tertiary/aromatic N) is 2. The van der Waals surface area contributed by atoms with Crippen LogP contribution in [0.4, 0.5) is 0 Å². The summed E-state index contributed by atoms with van der Waals surface area (Å²) >= 11 is 7.51. The van der Waals surface area contributed by atoms with Gasteiger partial charge in [0.05, 0.1) is 16.6 Å². The summed E-state index contributed by atoms with van der Waals surface area (Å²) in [5.74, 6) is 1.51. The van der Waals surface area contributed by atoms with E-state index in [0.717, 1.165) is 18.0 Å². The quantitative estimate of drug-likeness (QED) is 0.525. The first-order valence-electron chi connectivity index (χ1n) is 7.45. The lowest BCUT2D eigenvalue weighted by atomic mass is 10.1. The molecule has 0 saturated heterocycles. The zero-order valence-corrected chi connectivity index (χ0v) is 13.5. The number of rotatable bonds is 8. The summed E-state index contributed by atoms with van der Waals surface area (Å²) in [7, 11) is 2.27. The molecule has 1 aromatic rings. The minimum atomic E-state index is 0.542. The maximum Gasteiger partial charge on any atom is 0.0928 e. The highest BCUT2D eigenvalue weighted by atomic mass is 35.5. The summed E-state index contributed by atoms with van der Waals surface area (Å²) in [4.78, 5) is 7.02. The number of hydrogen-bond donors (Lipinski definition) is 0. The Balaban J connectivity index is 1.55. The summed E-state index contributed by atoms with van der Waals surface area (Å²) in [6, 6.07) is 0. The predicted octanol–water partition coefficient (Wildman–Crippen LogP) is 4.33. The highest BCUT2D eigenvalue weighted by molar-refractivity contribution is 7.09. The molecule has 0 bridgehead atoms. The molecule has 108 valence electrons. The smallest absolute Gasteiger partial charge is 0.0928 e. The Bertz CT molecular complexity index is 361. The Labute approximate surface area is 126 Å². The molecule has 4 heteroatoms. The van der Waals surface area contributed by atoms with Gasteiger partial charge in [-0.05, 0) is 51.6 Å². The van der Waals surface area contributed by atoms with Gasteiger partial charge in [0.15, 0.2) is 0 Å². The van der Waals surface area contributed by atoms with Crippen molar-refractivity contribution in [2.75, 3.05) is 20.1 Å². The number of aromatic nitrogens is 1. The van der Waals surface area contributed by atoms with Gasteiger partial charge in [-0.2, -0.15) is 0 Å². The third-order valence-electron chi connectivity index (χ3n) is 3.96. The van der Waals surface area contributed by atoms with Crippen molar-refractivity contribution < 1.29 is 0 Å². The van der Waals surface area contributed by atoms with Crippen LogP contribution in [0.25, 0.3) is 0 Å². The zero-order chi connectivity index (χ0) is 13.5. The molecule has 19 heavy (non-hydrogen) atoms. The molecule has 1 aromatic heterocycles. The number of halogens is 1. The van der Waals surface area contributed by atoms with E-state index in [1.165, 1.54) is 56.6 Å². The Morgan fingerprint density at radius 3 is 2.84 bits per heavy atom. The Morgan fingerprint density at radius 2 is 2.16 bits per heavy atom. The van der Waals surface area contributed by atoms with Crippen LogP contribution in [0.5, 0.6) is 0 Å². The maximum absolute atomic E-state index is 5.76. The summed E-state index contributed by atoms with van der Waals surface area (Å²) in [5, 5.41) is 3.32. The standard InChI is InChI=1S/C15H25ClN2S/c1-18(11-13-6-2-3-7-13)9-5-4-8-15-17-14(10-16)12-19-15/h12-13H,2-11H2,1H3. The molecule has 0 unspecified atom stereocenters. The van der Waals surface area contributed by atoms with E-state index in [1.54, 1.807) is 11.3 Å². The second kappa shape index (κ2) is 8.23. The average molecular weight is 301 g/mol. The normalized spacial score (nSPS) is 16.6. The van der Waals surface area contributed by atoms with Gasteiger partial charge in [-0.25, -0.2) is 4.98 Å². The van der Waals surface area contributed by atoms with E-state index in [1.807, 2.05) is 0 Å². The molecule has 1 aliphatic carbocycles. The molecule has 0 aliphatic heterocycles. The molecule has 1 aliphatic rings. The fourth-order valence-corrected chi connectivity index (χ4v) is 3.98. The largest absolute Gasteiger partial charge is 0.306 e. The molecule has 0 amide bonds. The van der Waals surface area contributed by atoms with Gasteiger partial charge in [-0.1, -0.05) is 12.8 Å². The topological polar surface area (TPSA) is 16.1 Å². The van der Waals surface area contributed by atoms with Crippen LogP contribution in [0.15, 0.2) is 5.38 Å². The fourth-order valence-electron chi connectivity index (χ4n) is 2.91. The average Bonchev–Trinajstić information content (AvgIpc) is 3.05. The van der Waals surface area contributed by atoms with Crippen LogP contribution >= 0.6 is 22.9 Å². The van der Waals surface area contributed by atoms with Crippen LogP contribution in [0.2, 0.25) is 0 Å². The molecule has 2 rings (SSSR count). The molecule has 0 N–H and O–H groups in total. The first-order chi connectivity index (χ1) is 9.28. The van der Waals surface area contributed by atoms with Crippen molar-refractivity contribution in [2.45, 2.75) is 50.8 Å². The van der Waals surface area contributed by atoms with Crippen LogP contribution in [0.1, 0.15) is 49.2 Å². The lowest BCUT2D eigenvalue weighted by Crippen LogP contribution is -2.25. The summed E-state index contributed by atoms with van der Waals surface area (Å²) in [6.45, 7) is 2.53. The Morgan fingerprint density at radius 1 is 1.37 bits per heavy atom. The predicted molar refractivity (Wildman–Crippen MR) is 84.1 cm³/mol. The zero-order valence-electron chi connectivity index (χ0n) is 11.9. The fraction of sp³-hybridized carbons (Fsp3) is 0.800. The van der Waals surface area contributed by atoms with Gasteiger partial charge in [0.25, 0.3) is 0 Å². The highest BCUT2D eigenvalue weighted by Gasteiger charge is 2.16. The van der Waals surface area contributed by atoms with Gasteiger partial charge in [0.1, 0.15) is 0 Å². The number of alkyl halides is 1. The van der Waals surface area contributed by atoms with E-state index >= 15 is 0 Å². The van der Waals surface area contributed by atoms with Crippen LogP contribution in [-0.2, 0) is 12.3 Å². The second-order valence-corrected chi connectivity index (χ2v) is 6.95. The van der Waals surface area contributed by atoms with Crippen LogP contribution < -0.4 is 0 Å². The summed E-state index contributed by atoms with van der Waals surface area (Å²) in [5.41, 5.74) is 1.03. The van der Waals surface area contributed by atoms with E-state index in [-0.39, 0.29) is 0 Å². The van der Waals surface area contributed by atoms with Crippen molar-refractivity contribution in [2.24, 2.45) is 5.92 Å². The molecule has 1 fully saturated rings. The number of aryl methyl sites for hydroxylation is 1. The number of thiazole rings is 1. The van der Waals surface area contributed by atoms with Crippen molar-refractivity contribution in [1.82, 2.24) is 9.88 Å². The molecule has 0 aromatic carbocycles. The monoisotopic (exact) mass is 300 g/mol. The highest BCUT2D eigenvalue weighted by Crippen LogP contribution is 2.25. The van der Waals surface area contributed by atoms with Gasteiger partial charge < -0.3 is 4.90 Å². The minimum absolute atomic E-state index is 0.542. The third-order valence-corrected chi connectivity index (χ3v) is 5.19. The van der Waals surface area contributed by atoms with Crippen molar-refractivity contribution in [3.05, 3.63) is 16.1 Å².